The fraction of sp³-hybridized carbons (Fsp3) is 0.455. The van der Waals surface area contributed by atoms with Crippen LogP contribution in [-0.4, -0.2) is 52.0 Å². The van der Waals surface area contributed by atoms with Gasteiger partial charge in [0.2, 0.25) is 5.91 Å². The van der Waals surface area contributed by atoms with E-state index in [1.807, 2.05) is 32.0 Å². The van der Waals surface area contributed by atoms with Gasteiger partial charge in [-0.1, -0.05) is 36.8 Å². The van der Waals surface area contributed by atoms with E-state index in [-0.39, 0.29) is 36.4 Å². The first-order chi connectivity index (χ1) is 14.5. The minimum Gasteiger partial charge on any atom is -0.356 e. The van der Waals surface area contributed by atoms with Gasteiger partial charge in [0, 0.05) is 45.2 Å². The molecule has 160 valence electrons. The number of amides is 3. The summed E-state index contributed by atoms with van der Waals surface area (Å²) in [5.74, 6) is -0.601. The van der Waals surface area contributed by atoms with Crippen LogP contribution < -0.4 is 10.6 Å². The number of rotatable bonds is 8. The minimum absolute atomic E-state index is 0.0975. The molecule has 0 fully saturated rings. The molecule has 0 saturated heterocycles. The second-order valence-corrected chi connectivity index (χ2v) is 7.56. The topological polar surface area (TPSA) is 96.3 Å². The molecule has 2 heterocycles. The number of carbonyl (C=O) groups is 3. The van der Waals surface area contributed by atoms with Gasteiger partial charge in [-0.15, -0.1) is 0 Å². The first-order valence-corrected chi connectivity index (χ1v) is 10.5. The first-order valence-electron chi connectivity index (χ1n) is 10.5. The standard InChI is InChI=1S/C22H29N5O3/c1-3-9-23-20(28)8-10-24-21(29)18-14-19-22(30)26(11-5-12-27(19)25-18)15-17-7-4-6-16(2)13-17/h4,6-7,13-14H,3,5,8-12,15H2,1-2H3,(H,23,28)(H,24,29). The van der Waals surface area contributed by atoms with Crippen molar-refractivity contribution in [1.82, 2.24) is 25.3 Å². The lowest BCUT2D eigenvalue weighted by atomic mass is 10.1. The molecule has 1 aliphatic rings. The van der Waals surface area contributed by atoms with Crippen molar-refractivity contribution in [1.29, 1.82) is 0 Å². The Labute approximate surface area is 176 Å². The predicted octanol–water partition coefficient (Wildman–Crippen LogP) is 1.88. The number of nitrogens with zero attached hydrogens (tertiary/aromatic N) is 3. The lowest BCUT2D eigenvalue weighted by molar-refractivity contribution is -0.120. The first kappa shape index (κ1) is 21.5. The highest BCUT2D eigenvalue weighted by molar-refractivity contribution is 5.98. The monoisotopic (exact) mass is 411 g/mol. The number of aryl methyl sites for hydroxylation is 2. The zero-order chi connectivity index (χ0) is 21.5. The maximum absolute atomic E-state index is 13.0. The van der Waals surface area contributed by atoms with E-state index < -0.39 is 0 Å². The third-order valence-corrected chi connectivity index (χ3v) is 4.98. The molecule has 1 aliphatic heterocycles. The lowest BCUT2D eigenvalue weighted by Crippen LogP contribution is -2.31. The Morgan fingerprint density at radius 3 is 2.73 bits per heavy atom. The Morgan fingerprint density at radius 2 is 1.97 bits per heavy atom. The highest BCUT2D eigenvalue weighted by Gasteiger charge is 2.26. The van der Waals surface area contributed by atoms with E-state index in [0.717, 1.165) is 24.0 Å². The van der Waals surface area contributed by atoms with Crippen molar-refractivity contribution in [2.45, 2.75) is 46.2 Å². The molecule has 0 atom stereocenters. The van der Waals surface area contributed by atoms with Crippen LogP contribution in [0.4, 0.5) is 0 Å². The van der Waals surface area contributed by atoms with E-state index in [1.165, 1.54) is 0 Å². The molecule has 0 radical (unpaired) electrons. The molecular weight excluding hydrogens is 382 g/mol. The van der Waals surface area contributed by atoms with Crippen molar-refractivity contribution in [3.8, 4) is 0 Å². The molecule has 30 heavy (non-hydrogen) atoms. The van der Waals surface area contributed by atoms with E-state index in [4.69, 9.17) is 0 Å². The van der Waals surface area contributed by atoms with Crippen molar-refractivity contribution in [3.05, 3.63) is 52.8 Å². The molecule has 2 N–H and O–H groups in total. The zero-order valence-electron chi connectivity index (χ0n) is 17.6. The average molecular weight is 412 g/mol. The highest BCUT2D eigenvalue weighted by atomic mass is 16.2. The van der Waals surface area contributed by atoms with Crippen LogP contribution >= 0.6 is 0 Å². The van der Waals surface area contributed by atoms with E-state index >= 15 is 0 Å². The van der Waals surface area contributed by atoms with E-state index in [0.29, 0.717) is 31.9 Å². The Bertz CT molecular complexity index is 921. The van der Waals surface area contributed by atoms with Crippen LogP contribution in [0, 0.1) is 6.92 Å². The number of aromatic nitrogens is 2. The molecular formula is C22H29N5O3. The summed E-state index contributed by atoms with van der Waals surface area (Å²) in [6.07, 6.45) is 1.85. The summed E-state index contributed by atoms with van der Waals surface area (Å²) >= 11 is 0. The van der Waals surface area contributed by atoms with Crippen LogP contribution in [0.15, 0.2) is 30.3 Å². The molecule has 0 spiro atoms. The van der Waals surface area contributed by atoms with Crippen LogP contribution in [0.25, 0.3) is 0 Å². The number of fused-ring (bicyclic) bond motifs is 1. The Balaban J connectivity index is 1.62. The third-order valence-electron chi connectivity index (χ3n) is 4.98. The van der Waals surface area contributed by atoms with Gasteiger partial charge in [-0.25, -0.2) is 0 Å². The smallest absolute Gasteiger partial charge is 0.272 e. The van der Waals surface area contributed by atoms with Crippen molar-refractivity contribution >= 4 is 17.7 Å². The summed E-state index contributed by atoms with van der Waals surface area (Å²) in [5, 5.41) is 9.79. The van der Waals surface area contributed by atoms with Crippen LogP contribution in [0.2, 0.25) is 0 Å². The van der Waals surface area contributed by atoms with Gasteiger partial charge in [0.1, 0.15) is 5.69 Å². The summed E-state index contributed by atoms with van der Waals surface area (Å²) in [5.41, 5.74) is 2.86. The fourth-order valence-electron chi connectivity index (χ4n) is 3.46. The largest absolute Gasteiger partial charge is 0.356 e. The molecule has 1 aromatic heterocycles. The van der Waals surface area contributed by atoms with Crippen LogP contribution in [0.3, 0.4) is 0 Å². The molecule has 0 bridgehead atoms. The molecule has 2 aromatic rings. The third kappa shape index (κ3) is 5.46. The lowest BCUT2D eigenvalue weighted by Gasteiger charge is -2.20. The average Bonchev–Trinajstić information content (AvgIpc) is 3.09. The summed E-state index contributed by atoms with van der Waals surface area (Å²) in [4.78, 5) is 38.9. The Kier molecular flexibility index (Phi) is 7.21. The second kappa shape index (κ2) is 10.0. The number of hydrogen-bond donors (Lipinski definition) is 2. The summed E-state index contributed by atoms with van der Waals surface area (Å²) in [7, 11) is 0. The molecule has 0 unspecified atom stereocenters. The van der Waals surface area contributed by atoms with Gasteiger partial charge in [-0.3, -0.25) is 19.1 Å². The molecule has 3 amide bonds. The minimum atomic E-state index is -0.378. The quantitative estimate of drug-likeness (QED) is 0.693. The second-order valence-electron chi connectivity index (χ2n) is 7.56. The summed E-state index contributed by atoms with van der Waals surface area (Å²) in [6, 6.07) is 9.65. The number of carbonyl (C=O) groups excluding carboxylic acids is 3. The van der Waals surface area contributed by atoms with Crippen molar-refractivity contribution in [2.75, 3.05) is 19.6 Å². The van der Waals surface area contributed by atoms with Gasteiger partial charge in [-0.2, -0.15) is 5.10 Å². The van der Waals surface area contributed by atoms with Crippen LogP contribution in [0.1, 0.15) is 58.3 Å². The fourth-order valence-corrected chi connectivity index (χ4v) is 3.46. The molecule has 8 heteroatoms. The maximum atomic E-state index is 13.0. The van der Waals surface area contributed by atoms with Gasteiger partial charge in [0.25, 0.3) is 11.8 Å². The van der Waals surface area contributed by atoms with Crippen LogP contribution in [0.5, 0.6) is 0 Å². The molecule has 8 nitrogen and oxygen atoms in total. The van der Waals surface area contributed by atoms with E-state index in [9.17, 15) is 14.4 Å². The van der Waals surface area contributed by atoms with E-state index in [1.54, 1.807) is 15.6 Å². The van der Waals surface area contributed by atoms with Gasteiger partial charge in [0.15, 0.2) is 5.69 Å². The zero-order valence-corrected chi connectivity index (χ0v) is 17.6. The summed E-state index contributed by atoms with van der Waals surface area (Å²) < 4.78 is 1.61. The number of nitrogens with one attached hydrogen (secondary N) is 2. The van der Waals surface area contributed by atoms with Gasteiger partial charge in [0.05, 0.1) is 0 Å². The van der Waals surface area contributed by atoms with Gasteiger partial charge < -0.3 is 15.5 Å². The molecule has 1 aromatic carbocycles. The Hall–Kier alpha value is -3.16. The van der Waals surface area contributed by atoms with Crippen LogP contribution in [-0.2, 0) is 17.9 Å². The Morgan fingerprint density at radius 1 is 1.13 bits per heavy atom. The van der Waals surface area contributed by atoms with Crippen molar-refractivity contribution in [3.63, 3.8) is 0 Å². The van der Waals surface area contributed by atoms with Crippen molar-refractivity contribution < 1.29 is 14.4 Å². The SMILES string of the molecule is CCCNC(=O)CCNC(=O)c1cc2n(n1)CCCN(Cc1cccc(C)c1)C2=O. The van der Waals surface area contributed by atoms with Crippen molar-refractivity contribution in [2.24, 2.45) is 0 Å². The summed E-state index contributed by atoms with van der Waals surface area (Å²) in [6.45, 7) is 6.61. The van der Waals surface area contributed by atoms with Gasteiger partial charge >= 0.3 is 0 Å². The molecule has 3 rings (SSSR count). The normalized spacial score (nSPS) is 13.5. The highest BCUT2D eigenvalue weighted by Crippen LogP contribution is 2.17. The van der Waals surface area contributed by atoms with E-state index in [2.05, 4.69) is 21.8 Å². The number of benzene rings is 1. The molecule has 0 aliphatic carbocycles. The molecule has 0 saturated carbocycles. The predicted molar refractivity (Wildman–Crippen MR) is 113 cm³/mol. The van der Waals surface area contributed by atoms with Gasteiger partial charge in [-0.05, 0) is 25.3 Å². The number of hydrogen-bond acceptors (Lipinski definition) is 4. The maximum Gasteiger partial charge on any atom is 0.272 e.